The number of carbonyl (C=O) groups excluding carboxylic acids is 1. The number of imidazole rings is 1. The summed E-state index contributed by atoms with van der Waals surface area (Å²) in [5.74, 6) is 0.514. The van der Waals surface area contributed by atoms with Crippen LogP contribution in [0.5, 0.6) is 0 Å². The number of hydrogen-bond acceptors (Lipinski definition) is 5. The Morgan fingerprint density at radius 3 is 2.82 bits per heavy atom. The van der Waals surface area contributed by atoms with E-state index in [9.17, 15) is 4.79 Å². The number of amides is 1. The Labute approximate surface area is 128 Å². The van der Waals surface area contributed by atoms with Gasteiger partial charge >= 0.3 is 0 Å². The molecule has 0 saturated carbocycles. The van der Waals surface area contributed by atoms with E-state index >= 15 is 0 Å². The molecule has 2 aromatic heterocycles. The molecule has 1 aliphatic rings. The van der Waals surface area contributed by atoms with E-state index in [2.05, 4.69) is 20.3 Å². The molecule has 1 atom stereocenters. The monoisotopic (exact) mass is 301 g/mol. The van der Waals surface area contributed by atoms with Crippen LogP contribution in [-0.2, 0) is 18.3 Å². The van der Waals surface area contributed by atoms with E-state index in [0.29, 0.717) is 12.2 Å². The lowest BCUT2D eigenvalue weighted by Gasteiger charge is -2.21. The average Bonchev–Trinajstić information content (AvgIpc) is 3.00. The number of carbonyl (C=O) groups is 1. The molecule has 0 aromatic carbocycles. The largest absolute Gasteiger partial charge is 0.370 e. The molecule has 2 aromatic rings. The molecule has 1 aliphatic heterocycles. The summed E-state index contributed by atoms with van der Waals surface area (Å²) in [5.41, 5.74) is 1.25. The minimum atomic E-state index is -0.208. The van der Waals surface area contributed by atoms with Gasteiger partial charge in [0, 0.05) is 44.4 Å². The lowest BCUT2D eigenvalue weighted by atomic mass is 10.1. The Balaban J connectivity index is 1.55. The lowest BCUT2D eigenvalue weighted by molar-refractivity contribution is 0.00940. The van der Waals surface area contributed by atoms with Crippen molar-refractivity contribution in [2.45, 2.75) is 31.9 Å². The lowest BCUT2D eigenvalue weighted by Crippen LogP contribution is -2.23. The van der Waals surface area contributed by atoms with Crippen molar-refractivity contribution in [1.82, 2.24) is 24.8 Å². The predicted octanol–water partition coefficient (Wildman–Crippen LogP) is 1.38. The Kier molecular flexibility index (Phi) is 4.43. The van der Waals surface area contributed by atoms with E-state index in [1.807, 2.05) is 7.05 Å². The van der Waals surface area contributed by atoms with Crippen molar-refractivity contribution >= 4 is 5.91 Å². The van der Waals surface area contributed by atoms with Crippen molar-refractivity contribution in [1.29, 1.82) is 0 Å². The number of ether oxygens (including phenoxy) is 1. The number of aryl methyl sites for hydroxylation is 1. The summed E-state index contributed by atoms with van der Waals surface area (Å²) in [6.45, 7) is 1.15. The van der Waals surface area contributed by atoms with E-state index in [4.69, 9.17) is 4.74 Å². The molecule has 1 saturated heterocycles. The standard InChI is InChI=1S/C15H19N5O2/c1-20-9-12(19-10-20)15(21)18-8-11-6-16-14(17-7-11)13-4-2-3-5-22-13/h6-7,9-10,13H,2-5,8H2,1H3,(H,18,21)/t13-/m1/s1. The summed E-state index contributed by atoms with van der Waals surface area (Å²) in [4.78, 5) is 24.6. The summed E-state index contributed by atoms with van der Waals surface area (Å²) in [6.07, 6.45) is 9.97. The SMILES string of the molecule is Cn1cnc(C(=O)NCc2cnc([C@H]3CCCCO3)nc2)c1. The van der Waals surface area contributed by atoms with Crippen molar-refractivity contribution in [3.8, 4) is 0 Å². The third-order valence-corrected chi connectivity index (χ3v) is 3.58. The van der Waals surface area contributed by atoms with Crippen LogP contribution in [0, 0.1) is 0 Å². The maximum Gasteiger partial charge on any atom is 0.271 e. The van der Waals surface area contributed by atoms with Crippen LogP contribution in [0.4, 0.5) is 0 Å². The minimum Gasteiger partial charge on any atom is -0.370 e. The fraction of sp³-hybridized carbons (Fsp3) is 0.467. The molecular formula is C15H19N5O2. The first-order valence-electron chi connectivity index (χ1n) is 7.41. The molecule has 3 heterocycles. The molecule has 0 spiro atoms. The van der Waals surface area contributed by atoms with Gasteiger partial charge in [-0.15, -0.1) is 0 Å². The Hall–Kier alpha value is -2.28. The molecule has 0 aliphatic carbocycles. The second-order valence-corrected chi connectivity index (χ2v) is 5.41. The van der Waals surface area contributed by atoms with E-state index in [-0.39, 0.29) is 12.0 Å². The predicted molar refractivity (Wildman–Crippen MR) is 79.0 cm³/mol. The fourth-order valence-corrected chi connectivity index (χ4v) is 2.37. The smallest absolute Gasteiger partial charge is 0.271 e. The van der Waals surface area contributed by atoms with Gasteiger partial charge in [0.05, 0.1) is 6.33 Å². The molecule has 0 radical (unpaired) electrons. The summed E-state index contributed by atoms with van der Waals surface area (Å²) in [7, 11) is 1.82. The molecule has 22 heavy (non-hydrogen) atoms. The maximum atomic E-state index is 11.9. The van der Waals surface area contributed by atoms with Crippen LogP contribution in [0.3, 0.4) is 0 Å². The maximum absolute atomic E-state index is 11.9. The first kappa shape index (κ1) is 14.6. The van der Waals surface area contributed by atoms with Crippen molar-refractivity contribution in [2.24, 2.45) is 7.05 Å². The Bertz CT molecular complexity index is 632. The highest BCUT2D eigenvalue weighted by Crippen LogP contribution is 2.24. The number of rotatable bonds is 4. The van der Waals surface area contributed by atoms with Crippen molar-refractivity contribution in [2.75, 3.05) is 6.61 Å². The molecule has 1 amide bonds. The summed E-state index contributed by atoms with van der Waals surface area (Å²) in [6, 6.07) is 0. The van der Waals surface area contributed by atoms with Crippen LogP contribution in [0.1, 0.15) is 47.2 Å². The molecule has 7 nitrogen and oxygen atoms in total. The Morgan fingerprint density at radius 1 is 1.36 bits per heavy atom. The fourth-order valence-electron chi connectivity index (χ4n) is 2.37. The highest BCUT2D eigenvalue weighted by molar-refractivity contribution is 5.91. The van der Waals surface area contributed by atoms with Gasteiger partial charge in [0.2, 0.25) is 0 Å². The number of nitrogens with one attached hydrogen (secondary N) is 1. The third kappa shape index (κ3) is 3.48. The van der Waals surface area contributed by atoms with E-state index in [1.165, 1.54) is 0 Å². The van der Waals surface area contributed by atoms with Gasteiger partial charge in [-0.25, -0.2) is 15.0 Å². The van der Waals surface area contributed by atoms with Crippen molar-refractivity contribution in [3.63, 3.8) is 0 Å². The van der Waals surface area contributed by atoms with Crippen molar-refractivity contribution in [3.05, 3.63) is 42.0 Å². The van der Waals surface area contributed by atoms with Crippen LogP contribution in [0.25, 0.3) is 0 Å². The molecule has 0 unspecified atom stereocenters. The highest BCUT2D eigenvalue weighted by Gasteiger charge is 2.18. The Morgan fingerprint density at radius 2 is 2.18 bits per heavy atom. The van der Waals surface area contributed by atoms with Gasteiger partial charge < -0.3 is 14.6 Å². The molecule has 116 valence electrons. The zero-order valence-electron chi connectivity index (χ0n) is 12.5. The van der Waals surface area contributed by atoms with E-state index in [1.54, 1.807) is 29.5 Å². The molecular weight excluding hydrogens is 282 g/mol. The molecule has 3 rings (SSSR count). The third-order valence-electron chi connectivity index (χ3n) is 3.58. The van der Waals surface area contributed by atoms with E-state index in [0.717, 1.165) is 37.3 Å². The van der Waals surface area contributed by atoms with Crippen LogP contribution in [0.15, 0.2) is 24.9 Å². The van der Waals surface area contributed by atoms with Gasteiger partial charge in [-0.3, -0.25) is 4.79 Å². The quantitative estimate of drug-likeness (QED) is 0.922. The van der Waals surface area contributed by atoms with E-state index < -0.39 is 0 Å². The first-order valence-corrected chi connectivity index (χ1v) is 7.41. The van der Waals surface area contributed by atoms with Gasteiger partial charge in [-0.2, -0.15) is 0 Å². The zero-order valence-corrected chi connectivity index (χ0v) is 12.5. The average molecular weight is 301 g/mol. The van der Waals surface area contributed by atoms with Crippen LogP contribution >= 0.6 is 0 Å². The van der Waals surface area contributed by atoms with Gasteiger partial charge in [-0.05, 0) is 19.3 Å². The first-order chi connectivity index (χ1) is 10.7. The zero-order chi connectivity index (χ0) is 15.4. The number of aromatic nitrogens is 4. The van der Waals surface area contributed by atoms with Gasteiger partial charge in [0.1, 0.15) is 11.8 Å². The molecule has 1 fully saturated rings. The van der Waals surface area contributed by atoms with Crippen LogP contribution < -0.4 is 5.32 Å². The van der Waals surface area contributed by atoms with Gasteiger partial charge in [0.25, 0.3) is 5.91 Å². The van der Waals surface area contributed by atoms with Crippen LogP contribution in [0.2, 0.25) is 0 Å². The second kappa shape index (κ2) is 6.65. The summed E-state index contributed by atoms with van der Waals surface area (Å²) >= 11 is 0. The second-order valence-electron chi connectivity index (χ2n) is 5.41. The topological polar surface area (TPSA) is 81.9 Å². The summed E-state index contributed by atoms with van der Waals surface area (Å²) in [5, 5.41) is 2.80. The molecule has 0 bridgehead atoms. The highest BCUT2D eigenvalue weighted by atomic mass is 16.5. The normalized spacial score (nSPS) is 18.1. The number of nitrogens with zero attached hydrogens (tertiary/aromatic N) is 4. The van der Waals surface area contributed by atoms with Gasteiger partial charge in [-0.1, -0.05) is 0 Å². The summed E-state index contributed by atoms with van der Waals surface area (Å²) < 4.78 is 7.39. The minimum absolute atomic E-state index is 0.00547. The number of hydrogen-bond donors (Lipinski definition) is 1. The van der Waals surface area contributed by atoms with Crippen molar-refractivity contribution < 1.29 is 9.53 Å². The van der Waals surface area contributed by atoms with Crippen LogP contribution in [-0.4, -0.2) is 32.0 Å². The molecule has 7 heteroatoms. The van der Waals surface area contributed by atoms with Gasteiger partial charge in [0.15, 0.2) is 5.82 Å². The molecule has 1 N–H and O–H groups in total.